The van der Waals surface area contributed by atoms with Crippen molar-refractivity contribution in [2.24, 2.45) is 0 Å². The second-order valence-corrected chi connectivity index (χ2v) is 7.28. The molecule has 0 saturated heterocycles. The molecule has 5 heteroatoms. The number of esters is 1. The summed E-state index contributed by atoms with van der Waals surface area (Å²) in [4.78, 5) is 24.6. The predicted octanol–water partition coefficient (Wildman–Crippen LogP) is 4.16. The van der Waals surface area contributed by atoms with Gasteiger partial charge in [-0.3, -0.25) is 4.79 Å². The quantitative estimate of drug-likeness (QED) is 0.820. The van der Waals surface area contributed by atoms with E-state index >= 15 is 0 Å². The highest BCUT2D eigenvalue weighted by molar-refractivity contribution is 5.97. The number of anilines is 1. The van der Waals surface area contributed by atoms with Crippen molar-refractivity contribution in [3.8, 4) is 0 Å². The number of benzene rings is 1. The molecule has 2 aromatic rings. The number of nitrogens with one attached hydrogen (secondary N) is 1. The van der Waals surface area contributed by atoms with Gasteiger partial charge in [0.05, 0.1) is 5.56 Å². The maximum absolute atomic E-state index is 12.4. The van der Waals surface area contributed by atoms with Crippen molar-refractivity contribution in [2.75, 3.05) is 11.9 Å². The average molecular weight is 354 g/mol. The highest BCUT2D eigenvalue weighted by Crippen LogP contribution is 2.38. The molecular weight excluding hydrogens is 328 g/mol. The Morgan fingerprint density at radius 3 is 2.27 bits per heavy atom. The van der Waals surface area contributed by atoms with Gasteiger partial charge in [-0.1, -0.05) is 17.7 Å². The number of ether oxygens (including phenoxy) is 1. The van der Waals surface area contributed by atoms with E-state index in [1.165, 1.54) is 0 Å². The topological polar surface area (TPSA) is 60.3 Å². The molecule has 0 spiro atoms. The van der Waals surface area contributed by atoms with E-state index in [4.69, 9.17) is 4.74 Å². The third-order valence-corrected chi connectivity index (χ3v) is 4.89. The molecule has 26 heavy (non-hydrogen) atoms. The van der Waals surface area contributed by atoms with Crippen molar-refractivity contribution in [3.05, 3.63) is 51.8 Å². The van der Waals surface area contributed by atoms with Gasteiger partial charge in [0.2, 0.25) is 0 Å². The lowest BCUT2D eigenvalue weighted by atomic mass is 10.1. The summed E-state index contributed by atoms with van der Waals surface area (Å²) >= 11 is 0. The van der Waals surface area contributed by atoms with Crippen LogP contribution in [0.4, 0.5) is 5.69 Å². The van der Waals surface area contributed by atoms with Gasteiger partial charge in [-0.15, -0.1) is 0 Å². The molecule has 5 nitrogen and oxygen atoms in total. The molecule has 138 valence electrons. The van der Waals surface area contributed by atoms with Crippen molar-refractivity contribution in [2.45, 2.75) is 53.5 Å². The van der Waals surface area contributed by atoms with Crippen LogP contribution < -0.4 is 5.32 Å². The van der Waals surface area contributed by atoms with Gasteiger partial charge in [0, 0.05) is 23.1 Å². The van der Waals surface area contributed by atoms with Gasteiger partial charge in [-0.05, 0) is 64.7 Å². The van der Waals surface area contributed by atoms with Crippen LogP contribution in [-0.2, 0) is 9.53 Å². The fourth-order valence-electron chi connectivity index (χ4n) is 3.64. The lowest BCUT2D eigenvalue weighted by Gasteiger charge is -2.13. The molecule has 0 aliphatic heterocycles. The Kier molecular flexibility index (Phi) is 4.90. The molecule has 3 rings (SSSR count). The van der Waals surface area contributed by atoms with Gasteiger partial charge < -0.3 is 14.6 Å². The average Bonchev–Trinajstić information content (AvgIpc) is 3.34. The lowest BCUT2D eigenvalue weighted by Crippen LogP contribution is -2.22. The zero-order chi connectivity index (χ0) is 19.0. The predicted molar refractivity (Wildman–Crippen MR) is 102 cm³/mol. The van der Waals surface area contributed by atoms with Crippen molar-refractivity contribution in [3.63, 3.8) is 0 Å². The molecule has 1 saturated carbocycles. The summed E-state index contributed by atoms with van der Waals surface area (Å²) < 4.78 is 7.44. The number of amides is 1. The first-order chi connectivity index (χ1) is 12.3. The summed E-state index contributed by atoms with van der Waals surface area (Å²) in [6.45, 7) is 9.56. The molecule has 1 fully saturated rings. The number of carbonyl (C=O) groups is 2. The number of aryl methyl sites for hydroxylation is 4. The monoisotopic (exact) mass is 354 g/mol. The first-order valence-corrected chi connectivity index (χ1v) is 9.01. The van der Waals surface area contributed by atoms with Crippen LogP contribution in [0.15, 0.2) is 18.2 Å². The molecule has 1 heterocycles. The molecule has 0 unspecified atom stereocenters. The van der Waals surface area contributed by atoms with Crippen molar-refractivity contribution >= 4 is 17.6 Å². The van der Waals surface area contributed by atoms with E-state index in [9.17, 15) is 9.59 Å². The minimum absolute atomic E-state index is 0.293. The molecule has 0 radical (unpaired) electrons. The molecular formula is C21H26N2O3. The molecule has 1 amide bonds. The van der Waals surface area contributed by atoms with E-state index < -0.39 is 5.97 Å². The van der Waals surface area contributed by atoms with Crippen LogP contribution in [0.5, 0.6) is 0 Å². The molecule has 1 aliphatic carbocycles. The first kappa shape index (κ1) is 18.2. The second kappa shape index (κ2) is 6.98. The zero-order valence-corrected chi connectivity index (χ0v) is 16.1. The van der Waals surface area contributed by atoms with Crippen LogP contribution in [0.25, 0.3) is 0 Å². The Morgan fingerprint density at radius 1 is 1.08 bits per heavy atom. The van der Waals surface area contributed by atoms with Gasteiger partial charge in [-0.25, -0.2) is 4.79 Å². The summed E-state index contributed by atoms with van der Waals surface area (Å²) in [5.74, 6) is -0.776. The van der Waals surface area contributed by atoms with Crippen LogP contribution in [-0.4, -0.2) is 23.1 Å². The van der Waals surface area contributed by atoms with Crippen LogP contribution in [0, 0.1) is 34.6 Å². The standard InChI is InChI=1S/C21H26N2O3/c1-12-8-13(2)20(14(3)9-12)22-19(24)11-26-21(25)18-10-15(4)23(16(18)5)17-6-7-17/h8-10,17H,6-7,11H2,1-5H3,(H,22,24). The number of nitrogens with zero attached hydrogens (tertiary/aromatic N) is 1. The maximum atomic E-state index is 12.4. The minimum atomic E-state index is -0.447. The Morgan fingerprint density at radius 2 is 1.69 bits per heavy atom. The third kappa shape index (κ3) is 3.66. The zero-order valence-electron chi connectivity index (χ0n) is 16.1. The summed E-state index contributed by atoms with van der Waals surface area (Å²) in [6.07, 6.45) is 2.31. The molecule has 0 atom stereocenters. The van der Waals surface area contributed by atoms with Gasteiger partial charge in [-0.2, -0.15) is 0 Å². The van der Waals surface area contributed by atoms with Crippen LogP contribution in [0.2, 0.25) is 0 Å². The fraction of sp³-hybridized carbons (Fsp3) is 0.429. The Hall–Kier alpha value is -2.56. The van der Waals surface area contributed by atoms with Gasteiger partial charge >= 0.3 is 5.97 Å². The highest BCUT2D eigenvalue weighted by atomic mass is 16.5. The lowest BCUT2D eigenvalue weighted by molar-refractivity contribution is -0.119. The Labute approximate surface area is 154 Å². The molecule has 0 bridgehead atoms. The molecule has 1 aromatic heterocycles. The van der Waals surface area contributed by atoms with Gasteiger partial charge in [0.25, 0.3) is 5.91 Å². The van der Waals surface area contributed by atoms with Crippen molar-refractivity contribution in [1.29, 1.82) is 0 Å². The largest absolute Gasteiger partial charge is 0.452 e. The second-order valence-electron chi connectivity index (χ2n) is 7.28. The van der Waals surface area contributed by atoms with Crippen LogP contribution in [0.3, 0.4) is 0 Å². The molecule has 1 aromatic carbocycles. The van der Waals surface area contributed by atoms with E-state index in [0.717, 1.165) is 46.6 Å². The number of carbonyl (C=O) groups excluding carboxylic acids is 2. The summed E-state index contributed by atoms with van der Waals surface area (Å²) in [5, 5.41) is 2.85. The molecule has 1 aliphatic rings. The van der Waals surface area contributed by atoms with Gasteiger partial charge in [0.1, 0.15) is 0 Å². The van der Waals surface area contributed by atoms with E-state index in [0.29, 0.717) is 11.6 Å². The Bertz CT molecular complexity index is 853. The molecule has 1 N–H and O–H groups in total. The summed E-state index contributed by atoms with van der Waals surface area (Å²) in [6, 6.07) is 6.39. The minimum Gasteiger partial charge on any atom is -0.452 e. The third-order valence-electron chi connectivity index (χ3n) is 4.89. The fourth-order valence-corrected chi connectivity index (χ4v) is 3.64. The number of hydrogen-bond acceptors (Lipinski definition) is 3. The summed E-state index contributed by atoms with van der Waals surface area (Å²) in [5.41, 5.74) is 6.45. The number of rotatable bonds is 5. The number of aromatic nitrogens is 1. The van der Waals surface area contributed by atoms with Crippen molar-refractivity contribution < 1.29 is 14.3 Å². The van der Waals surface area contributed by atoms with E-state index in [2.05, 4.69) is 9.88 Å². The Balaban J connectivity index is 1.63. The SMILES string of the molecule is Cc1cc(C)c(NC(=O)COC(=O)c2cc(C)n(C3CC3)c2C)c(C)c1. The van der Waals surface area contributed by atoms with Gasteiger partial charge in [0.15, 0.2) is 6.61 Å². The normalized spacial score (nSPS) is 13.6. The number of hydrogen-bond donors (Lipinski definition) is 1. The van der Waals surface area contributed by atoms with E-state index in [1.54, 1.807) is 0 Å². The van der Waals surface area contributed by atoms with Crippen LogP contribution in [0.1, 0.15) is 57.3 Å². The van der Waals surface area contributed by atoms with Crippen molar-refractivity contribution in [1.82, 2.24) is 4.57 Å². The van der Waals surface area contributed by atoms with E-state index in [1.807, 2.05) is 52.8 Å². The summed E-state index contributed by atoms with van der Waals surface area (Å²) in [7, 11) is 0. The smallest absolute Gasteiger partial charge is 0.340 e. The first-order valence-electron chi connectivity index (χ1n) is 9.01. The van der Waals surface area contributed by atoms with Crippen LogP contribution >= 0.6 is 0 Å². The maximum Gasteiger partial charge on any atom is 0.340 e. The van der Waals surface area contributed by atoms with E-state index in [-0.39, 0.29) is 12.5 Å². The highest BCUT2D eigenvalue weighted by Gasteiger charge is 2.28.